The van der Waals surface area contributed by atoms with E-state index < -0.39 is 12.1 Å². The Balaban J connectivity index is 2.07. The average Bonchev–Trinajstić information content (AvgIpc) is 2.54. The monoisotopic (exact) mass is 367 g/mol. The van der Waals surface area contributed by atoms with Gasteiger partial charge in [0.25, 0.3) is 0 Å². The van der Waals surface area contributed by atoms with Gasteiger partial charge in [-0.3, -0.25) is 4.90 Å². The van der Waals surface area contributed by atoms with Crippen LogP contribution in [0.2, 0.25) is 10.0 Å². The summed E-state index contributed by atoms with van der Waals surface area (Å²) in [5.41, 5.74) is 1.79. The van der Waals surface area contributed by atoms with Crippen LogP contribution in [0.1, 0.15) is 40.6 Å². The van der Waals surface area contributed by atoms with Crippen LogP contribution in [0.25, 0.3) is 0 Å². The van der Waals surface area contributed by atoms with Gasteiger partial charge < -0.3 is 10.2 Å². The standard InChI is InChI=1S/C18H19Cl2NO3/c1-11(15-8-7-14(19)9-16(15)20)21(2)10-17(22)12-3-5-13(6-4-12)18(23)24/h3-9,11,17,22H,10H2,1-2H3,(H,23,24). The first-order valence-electron chi connectivity index (χ1n) is 7.46. The number of carboxylic acids is 1. The maximum absolute atomic E-state index is 10.9. The van der Waals surface area contributed by atoms with Crippen LogP contribution in [-0.2, 0) is 0 Å². The summed E-state index contributed by atoms with van der Waals surface area (Å²) in [7, 11) is 1.89. The second-order valence-electron chi connectivity index (χ2n) is 5.72. The van der Waals surface area contributed by atoms with Crippen molar-refractivity contribution in [3.05, 3.63) is 69.2 Å². The van der Waals surface area contributed by atoms with Crippen molar-refractivity contribution >= 4 is 29.2 Å². The maximum atomic E-state index is 10.9. The van der Waals surface area contributed by atoms with Crippen molar-refractivity contribution in [2.45, 2.75) is 19.1 Å². The van der Waals surface area contributed by atoms with Crippen LogP contribution < -0.4 is 0 Å². The molecule has 2 N–H and O–H groups in total. The van der Waals surface area contributed by atoms with Gasteiger partial charge in [0.05, 0.1) is 11.7 Å². The lowest BCUT2D eigenvalue weighted by Gasteiger charge is -2.28. The Morgan fingerprint density at radius 2 is 1.79 bits per heavy atom. The largest absolute Gasteiger partial charge is 0.478 e. The minimum atomic E-state index is -0.987. The van der Waals surface area contributed by atoms with E-state index in [0.717, 1.165) is 5.56 Å². The number of benzene rings is 2. The van der Waals surface area contributed by atoms with Gasteiger partial charge >= 0.3 is 5.97 Å². The van der Waals surface area contributed by atoms with Gasteiger partial charge in [0, 0.05) is 22.6 Å². The molecule has 24 heavy (non-hydrogen) atoms. The van der Waals surface area contributed by atoms with Crippen molar-refractivity contribution in [1.29, 1.82) is 0 Å². The number of halogens is 2. The first-order valence-corrected chi connectivity index (χ1v) is 8.21. The highest BCUT2D eigenvalue weighted by Crippen LogP contribution is 2.30. The molecular weight excluding hydrogens is 349 g/mol. The molecule has 0 bridgehead atoms. The zero-order valence-corrected chi connectivity index (χ0v) is 14.9. The fraction of sp³-hybridized carbons (Fsp3) is 0.278. The number of rotatable bonds is 6. The van der Waals surface area contributed by atoms with Crippen molar-refractivity contribution < 1.29 is 15.0 Å². The van der Waals surface area contributed by atoms with Crippen molar-refractivity contribution in [3.8, 4) is 0 Å². The lowest BCUT2D eigenvalue weighted by Crippen LogP contribution is -2.27. The van der Waals surface area contributed by atoms with Crippen molar-refractivity contribution in [1.82, 2.24) is 4.90 Å². The summed E-state index contributed by atoms with van der Waals surface area (Å²) in [5.74, 6) is -0.987. The molecule has 2 rings (SSSR count). The molecule has 0 fully saturated rings. The quantitative estimate of drug-likeness (QED) is 0.793. The predicted octanol–water partition coefficient (Wildman–Crippen LogP) is 4.42. The Hall–Kier alpha value is -1.59. The van der Waals surface area contributed by atoms with Crippen molar-refractivity contribution in [2.75, 3.05) is 13.6 Å². The van der Waals surface area contributed by atoms with E-state index >= 15 is 0 Å². The minimum absolute atomic E-state index is 0.0114. The van der Waals surface area contributed by atoms with E-state index in [4.69, 9.17) is 28.3 Å². The smallest absolute Gasteiger partial charge is 0.335 e. The predicted molar refractivity (Wildman–Crippen MR) is 95.9 cm³/mol. The molecule has 0 aliphatic carbocycles. The average molecular weight is 368 g/mol. The summed E-state index contributed by atoms with van der Waals surface area (Å²) in [5, 5.41) is 20.5. The molecule has 0 saturated carbocycles. The molecule has 2 aromatic carbocycles. The molecule has 0 spiro atoms. The lowest BCUT2D eigenvalue weighted by atomic mass is 10.0. The topological polar surface area (TPSA) is 60.8 Å². The molecule has 2 aromatic rings. The number of aliphatic hydroxyl groups excluding tert-OH is 1. The Bertz CT molecular complexity index is 719. The van der Waals surface area contributed by atoms with E-state index in [1.165, 1.54) is 12.1 Å². The third-order valence-electron chi connectivity index (χ3n) is 4.08. The molecule has 2 unspecified atom stereocenters. The van der Waals surface area contributed by atoms with Gasteiger partial charge in [-0.1, -0.05) is 41.4 Å². The molecule has 0 saturated heterocycles. The summed E-state index contributed by atoms with van der Waals surface area (Å²) < 4.78 is 0. The molecule has 0 aliphatic rings. The summed E-state index contributed by atoms with van der Waals surface area (Å²) in [4.78, 5) is 12.8. The van der Waals surface area contributed by atoms with E-state index in [0.29, 0.717) is 22.2 Å². The highest BCUT2D eigenvalue weighted by molar-refractivity contribution is 6.35. The van der Waals surface area contributed by atoms with Crippen LogP contribution in [0, 0.1) is 0 Å². The van der Waals surface area contributed by atoms with Gasteiger partial charge in [-0.05, 0) is 49.4 Å². The lowest BCUT2D eigenvalue weighted by molar-refractivity contribution is 0.0696. The number of aromatic carboxylic acids is 1. The summed E-state index contributed by atoms with van der Waals surface area (Å²) in [6.45, 7) is 2.38. The maximum Gasteiger partial charge on any atom is 0.335 e. The number of carbonyl (C=O) groups is 1. The van der Waals surface area contributed by atoms with E-state index in [9.17, 15) is 9.90 Å². The molecule has 0 amide bonds. The van der Waals surface area contributed by atoms with Gasteiger partial charge in [-0.15, -0.1) is 0 Å². The summed E-state index contributed by atoms with van der Waals surface area (Å²) in [6, 6.07) is 11.6. The zero-order valence-electron chi connectivity index (χ0n) is 13.4. The molecule has 2 atom stereocenters. The van der Waals surface area contributed by atoms with Gasteiger partial charge in [0.2, 0.25) is 0 Å². The molecule has 0 radical (unpaired) electrons. The second-order valence-corrected chi connectivity index (χ2v) is 6.57. The van der Waals surface area contributed by atoms with Crippen LogP contribution in [0.4, 0.5) is 0 Å². The van der Waals surface area contributed by atoms with Gasteiger partial charge in [-0.2, -0.15) is 0 Å². The first kappa shape index (κ1) is 18.7. The SMILES string of the molecule is CC(c1ccc(Cl)cc1Cl)N(C)CC(O)c1ccc(C(=O)O)cc1. The van der Waals surface area contributed by atoms with Crippen LogP contribution in [0.5, 0.6) is 0 Å². The van der Waals surface area contributed by atoms with E-state index in [1.807, 2.05) is 24.9 Å². The Kier molecular flexibility index (Phi) is 6.24. The second kappa shape index (κ2) is 7.99. The fourth-order valence-corrected chi connectivity index (χ4v) is 3.03. The molecule has 128 valence electrons. The third-order valence-corrected chi connectivity index (χ3v) is 4.64. The number of carboxylic acid groups (broad SMARTS) is 1. The van der Waals surface area contributed by atoms with Gasteiger partial charge in [0.1, 0.15) is 0 Å². The minimum Gasteiger partial charge on any atom is -0.478 e. The highest BCUT2D eigenvalue weighted by Gasteiger charge is 2.19. The summed E-state index contributed by atoms with van der Waals surface area (Å²) >= 11 is 12.2. The summed E-state index contributed by atoms with van der Waals surface area (Å²) in [6.07, 6.45) is -0.730. The van der Waals surface area contributed by atoms with Crippen LogP contribution in [0.15, 0.2) is 42.5 Å². The molecule has 0 heterocycles. The molecule has 0 aromatic heterocycles. The third kappa shape index (κ3) is 4.48. The van der Waals surface area contributed by atoms with E-state index in [1.54, 1.807) is 24.3 Å². The van der Waals surface area contributed by atoms with Crippen LogP contribution in [-0.4, -0.2) is 34.7 Å². The van der Waals surface area contributed by atoms with E-state index in [2.05, 4.69) is 0 Å². The molecular formula is C18H19Cl2NO3. The Morgan fingerprint density at radius 3 is 2.33 bits per heavy atom. The Labute approximate surface area is 151 Å². The van der Waals surface area contributed by atoms with Gasteiger partial charge in [0.15, 0.2) is 0 Å². The molecule has 0 aliphatic heterocycles. The molecule has 4 nitrogen and oxygen atoms in total. The van der Waals surface area contributed by atoms with Crippen LogP contribution >= 0.6 is 23.2 Å². The Morgan fingerprint density at radius 1 is 1.17 bits per heavy atom. The number of hydrogen-bond donors (Lipinski definition) is 2. The van der Waals surface area contributed by atoms with Crippen molar-refractivity contribution in [3.63, 3.8) is 0 Å². The van der Waals surface area contributed by atoms with Crippen LogP contribution in [0.3, 0.4) is 0 Å². The number of aliphatic hydroxyl groups is 1. The number of likely N-dealkylation sites (N-methyl/N-ethyl adjacent to an activating group) is 1. The normalized spacial score (nSPS) is 13.8. The number of hydrogen-bond acceptors (Lipinski definition) is 3. The highest BCUT2D eigenvalue weighted by atomic mass is 35.5. The van der Waals surface area contributed by atoms with Gasteiger partial charge in [-0.25, -0.2) is 4.79 Å². The zero-order chi connectivity index (χ0) is 17.9. The van der Waals surface area contributed by atoms with Crippen molar-refractivity contribution in [2.24, 2.45) is 0 Å². The first-order chi connectivity index (χ1) is 11.3. The molecule has 6 heteroatoms. The van der Waals surface area contributed by atoms with E-state index in [-0.39, 0.29) is 11.6 Å². The fourth-order valence-electron chi connectivity index (χ4n) is 2.46. The number of nitrogens with zero attached hydrogens (tertiary/aromatic N) is 1.